The van der Waals surface area contributed by atoms with E-state index in [1.54, 1.807) is 0 Å². The predicted molar refractivity (Wildman–Crippen MR) is 87.2 cm³/mol. The van der Waals surface area contributed by atoms with Gasteiger partial charge in [0.05, 0.1) is 0 Å². The lowest BCUT2D eigenvalue weighted by molar-refractivity contribution is -0.0215. The van der Waals surface area contributed by atoms with Crippen molar-refractivity contribution in [2.24, 2.45) is 0 Å². The standard InChI is InChI=1S/C17H28N2S/c1-3-16(2)14-19(11-15-7-10-20-12-15)17(13-18-16)8-5-4-6-9-17/h7,10,12,18H,3-6,8-9,11,13-14H2,1-2H3. The molecule has 2 heterocycles. The molecule has 0 radical (unpaired) electrons. The van der Waals surface area contributed by atoms with Crippen LogP contribution in [-0.4, -0.2) is 29.1 Å². The summed E-state index contributed by atoms with van der Waals surface area (Å²) in [7, 11) is 0. The lowest BCUT2D eigenvalue weighted by Crippen LogP contribution is -2.69. The largest absolute Gasteiger partial charge is 0.308 e. The van der Waals surface area contributed by atoms with Gasteiger partial charge in [0.25, 0.3) is 0 Å². The Bertz CT molecular complexity index is 422. The molecule has 1 aliphatic heterocycles. The number of hydrogen-bond acceptors (Lipinski definition) is 3. The maximum atomic E-state index is 3.88. The number of nitrogens with one attached hydrogen (secondary N) is 1. The second-order valence-corrected chi connectivity index (χ2v) is 7.82. The van der Waals surface area contributed by atoms with Crippen LogP contribution in [0.15, 0.2) is 16.8 Å². The fraction of sp³-hybridized carbons (Fsp3) is 0.765. The van der Waals surface area contributed by atoms with Crippen LogP contribution in [0.5, 0.6) is 0 Å². The van der Waals surface area contributed by atoms with Crippen molar-refractivity contribution in [3.8, 4) is 0 Å². The molecular formula is C17H28N2S. The summed E-state index contributed by atoms with van der Waals surface area (Å²) in [5.74, 6) is 0. The van der Waals surface area contributed by atoms with E-state index in [-0.39, 0.29) is 0 Å². The first-order chi connectivity index (χ1) is 9.66. The number of piperazine rings is 1. The molecule has 0 bridgehead atoms. The van der Waals surface area contributed by atoms with Crippen molar-refractivity contribution in [3.05, 3.63) is 22.4 Å². The second kappa shape index (κ2) is 5.78. The van der Waals surface area contributed by atoms with Gasteiger partial charge < -0.3 is 5.32 Å². The summed E-state index contributed by atoms with van der Waals surface area (Å²) in [4.78, 5) is 2.81. The topological polar surface area (TPSA) is 15.3 Å². The first-order valence-electron chi connectivity index (χ1n) is 8.17. The quantitative estimate of drug-likeness (QED) is 0.905. The van der Waals surface area contributed by atoms with E-state index < -0.39 is 0 Å². The van der Waals surface area contributed by atoms with Crippen molar-refractivity contribution in [2.75, 3.05) is 13.1 Å². The molecule has 3 heteroatoms. The van der Waals surface area contributed by atoms with E-state index in [1.807, 2.05) is 11.3 Å². The molecule has 0 amide bonds. The Morgan fingerprint density at radius 1 is 1.30 bits per heavy atom. The average Bonchev–Trinajstić information content (AvgIpc) is 2.98. The van der Waals surface area contributed by atoms with E-state index in [4.69, 9.17) is 0 Å². The van der Waals surface area contributed by atoms with Crippen LogP contribution in [0.1, 0.15) is 57.9 Å². The smallest absolute Gasteiger partial charge is 0.0338 e. The van der Waals surface area contributed by atoms with Crippen LogP contribution in [0.4, 0.5) is 0 Å². The van der Waals surface area contributed by atoms with Crippen LogP contribution in [-0.2, 0) is 6.54 Å². The van der Waals surface area contributed by atoms with Gasteiger partial charge in [-0.2, -0.15) is 11.3 Å². The van der Waals surface area contributed by atoms with Crippen molar-refractivity contribution in [1.29, 1.82) is 0 Å². The van der Waals surface area contributed by atoms with E-state index >= 15 is 0 Å². The van der Waals surface area contributed by atoms with Gasteiger partial charge in [0.15, 0.2) is 0 Å². The molecule has 1 atom stereocenters. The first-order valence-corrected chi connectivity index (χ1v) is 9.11. The Morgan fingerprint density at radius 3 is 2.75 bits per heavy atom. The Labute approximate surface area is 127 Å². The molecule has 20 heavy (non-hydrogen) atoms. The first kappa shape index (κ1) is 14.6. The molecule has 1 saturated heterocycles. The van der Waals surface area contributed by atoms with Crippen molar-refractivity contribution >= 4 is 11.3 Å². The maximum Gasteiger partial charge on any atom is 0.0338 e. The van der Waals surface area contributed by atoms with Crippen molar-refractivity contribution in [3.63, 3.8) is 0 Å². The molecule has 2 fully saturated rings. The van der Waals surface area contributed by atoms with Gasteiger partial charge in [-0.3, -0.25) is 4.90 Å². The highest BCUT2D eigenvalue weighted by Crippen LogP contribution is 2.38. The minimum atomic E-state index is 0.290. The van der Waals surface area contributed by atoms with E-state index in [2.05, 4.69) is 40.9 Å². The molecule has 1 aromatic heterocycles. The van der Waals surface area contributed by atoms with E-state index in [1.165, 1.54) is 57.2 Å². The number of nitrogens with zero attached hydrogens (tertiary/aromatic N) is 1. The van der Waals surface area contributed by atoms with Crippen LogP contribution in [0.25, 0.3) is 0 Å². The monoisotopic (exact) mass is 292 g/mol. The van der Waals surface area contributed by atoms with Gasteiger partial charge >= 0.3 is 0 Å². The minimum absolute atomic E-state index is 0.290. The van der Waals surface area contributed by atoms with E-state index in [0.29, 0.717) is 11.1 Å². The van der Waals surface area contributed by atoms with Crippen LogP contribution in [0.3, 0.4) is 0 Å². The Balaban J connectivity index is 1.81. The summed E-state index contributed by atoms with van der Waals surface area (Å²) in [6.07, 6.45) is 8.21. The average molecular weight is 292 g/mol. The van der Waals surface area contributed by atoms with Crippen molar-refractivity contribution < 1.29 is 0 Å². The molecular weight excluding hydrogens is 264 g/mol. The third-order valence-corrected chi connectivity index (χ3v) is 6.31. The molecule has 1 spiro atoms. The second-order valence-electron chi connectivity index (χ2n) is 7.04. The molecule has 112 valence electrons. The zero-order chi connectivity index (χ0) is 14.1. The van der Waals surface area contributed by atoms with Gasteiger partial charge in [0.2, 0.25) is 0 Å². The number of rotatable bonds is 3. The molecule has 2 aliphatic rings. The number of hydrogen-bond donors (Lipinski definition) is 1. The number of thiophene rings is 1. The third kappa shape index (κ3) is 2.81. The Kier molecular flexibility index (Phi) is 4.21. The normalized spacial score (nSPS) is 30.7. The van der Waals surface area contributed by atoms with Crippen molar-refractivity contribution in [1.82, 2.24) is 10.2 Å². The lowest BCUT2D eigenvalue weighted by atomic mass is 9.76. The molecule has 1 N–H and O–H groups in total. The predicted octanol–water partition coefficient (Wildman–Crippen LogP) is 4.02. The highest BCUT2D eigenvalue weighted by molar-refractivity contribution is 7.07. The highest BCUT2D eigenvalue weighted by Gasteiger charge is 2.45. The Hall–Kier alpha value is -0.380. The van der Waals surface area contributed by atoms with E-state index in [9.17, 15) is 0 Å². The summed E-state index contributed by atoms with van der Waals surface area (Å²) in [5.41, 5.74) is 2.22. The minimum Gasteiger partial charge on any atom is -0.308 e. The van der Waals surface area contributed by atoms with Crippen LogP contribution in [0, 0.1) is 0 Å². The summed E-state index contributed by atoms with van der Waals surface area (Å²) in [6, 6.07) is 2.30. The van der Waals surface area contributed by atoms with Crippen LogP contribution < -0.4 is 5.32 Å². The van der Waals surface area contributed by atoms with Crippen LogP contribution in [0.2, 0.25) is 0 Å². The summed E-state index contributed by atoms with van der Waals surface area (Å²) < 4.78 is 0. The maximum absolute atomic E-state index is 3.88. The highest BCUT2D eigenvalue weighted by atomic mass is 32.1. The molecule has 1 aliphatic carbocycles. The van der Waals surface area contributed by atoms with E-state index in [0.717, 1.165) is 6.54 Å². The zero-order valence-electron chi connectivity index (χ0n) is 13.0. The molecule has 1 saturated carbocycles. The molecule has 1 unspecified atom stereocenters. The molecule has 0 aromatic carbocycles. The molecule has 1 aromatic rings. The lowest BCUT2D eigenvalue weighted by Gasteiger charge is -2.55. The Morgan fingerprint density at radius 2 is 2.10 bits per heavy atom. The molecule has 2 nitrogen and oxygen atoms in total. The van der Waals surface area contributed by atoms with Crippen molar-refractivity contribution in [2.45, 2.75) is 70.0 Å². The van der Waals surface area contributed by atoms with Gasteiger partial charge in [-0.15, -0.1) is 0 Å². The SMILES string of the molecule is CCC1(C)CN(Cc2ccsc2)C2(CCCCC2)CN1. The third-order valence-electron chi connectivity index (χ3n) is 5.57. The van der Waals surface area contributed by atoms with Gasteiger partial charge in [-0.05, 0) is 48.6 Å². The van der Waals surface area contributed by atoms with Gasteiger partial charge in [-0.1, -0.05) is 26.2 Å². The molecule has 3 rings (SSSR count). The van der Waals surface area contributed by atoms with Gasteiger partial charge in [0, 0.05) is 30.7 Å². The fourth-order valence-electron chi connectivity index (χ4n) is 3.90. The van der Waals surface area contributed by atoms with Gasteiger partial charge in [0.1, 0.15) is 0 Å². The summed E-state index contributed by atoms with van der Waals surface area (Å²) >= 11 is 1.83. The zero-order valence-corrected chi connectivity index (χ0v) is 13.8. The summed E-state index contributed by atoms with van der Waals surface area (Å²) in [6.45, 7) is 8.22. The fourth-order valence-corrected chi connectivity index (χ4v) is 4.56. The summed E-state index contributed by atoms with van der Waals surface area (Å²) in [5, 5.41) is 8.41. The van der Waals surface area contributed by atoms with Crippen LogP contribution >= 0.6 is 11.3 Å². The van der Waals surface area contributed by atoms with Gasteiger partial charge in [-0.25, -0.2) is 0 Å².